The molecule has 18 heavy (non-hydrogen) atoms. The van der Waals surface area contributed by atoms with E-state index in [-0.39, 0.29) is 5.78 Å². The molecule has 0 radical (unpaired) electrons. The number of rotatable bonds is 4. The summed E-state index contributed by atoms with van der Waals surface area (Å²) in [4.78, 5) is 12.0. The molecule has 0 aliphatic heterocycles. The maximum absolute atomic E-state index is 12.0. The molecule has 0 bridgehead atoms. The van der Waals surface area contributed by atoms with Crippen molar-refractivity contribution in [2.24, 2.45) is 0 Å². The molecule has 0 unspecified atom stereocenters. The fourth-order valence-electron chi connectivity index (χ4n) is 1.71. The van der Waals surface area contributed by atoms with E-state index in [0.29, 0.717) is 17.0 Å². The Morgan fingerprint density at radius 3 is 2.50 bits per heavy atom. The fraction of sp³-hybridized carbons (Fsp3) is 0.133. The van der Waals surface area contributed by atoms with Crippen LogP contribution in [0.3, 0.4) is 0 Å². The van der Waals surface area contributed by atoms with Gasteiger partial charge in [0, 0.05) is 17.0 Å². The van der Waals surface area contributed by atoms with E-state index in [9.17, 15) is 4.79 Å². The third kappa shape index (κ3) is 3.11. The van der Waals surface area contributed by atoms with Gasteiger partial charge in [0.2, 0.25) is 0 Å². The highest BCUT2D eigenvalue weighted by Crippen LogP contribution is 2.15. The number of carbonyl (C=O) groups is 1. The van der Waals surface area contributed by atoms with Crippen LogP contribution in [0.4, 0.5) is 0 Å². The van der Waals surface area contributed by atoms with Gasteiger partial charge >= 0.3 is 0 Å². The summed E-state index contributed by atoms with van der Waals surface area (Å²) in [5, 5.41) is 0.648. The Hall–Kier alpha value is -1.80. The van der Waals surface area contributed by atoms with E-state index in [1.807, 2.05) is 18.2 Å². The van der Waals surface area contributed by atoms with Crippen molar-refractivity contribution in [1.29, 1.82) is 0 Å². The largest absolute Gasteiger partial charge is 0.497 e. The first-order valence-corrected chi connectivity index (χ1v) is 5.98. The number of halogens is 1. The van der Waals surface area contributed by atoms with E-state index < -0.39 is 0 Å². The van der Waals surface area contributed by atoms with Crippen molar-refractivity contribution >= 4 is 17.4 Å². The van der Waals surface area contributed by atoms with Gasteiger partial charge in [-0.15, -0.1) is 0 Å². The summed E-state index contributed by atoms with van der Waals surface area (Å²) in [6.45, 7) is 0. The Labute approximate surface area is 111 Å². The molecule has 3 heteroatoms. The molecule has 0 saturated carbocycles. The highest BCUT2D eigenvalue weighted by Gasteiger charge is 2.07. The number of ketones is 1. The predicted molar refractivity (Wildman–Crippen MR) is 72.5 cm³/mol. The molecule has 2 nitrogen and oxygen atoms in total. The molecule has 0 aliphatic carbocycles. The van der Waals surface area contributed by atoms with Gasteiger partial charge < -0.3 is 4.74 Å². The highest BCUT2D eigenvalue weighted by molar-refractivity contribution is 6.30. The third-order valence-corrected chi connectivity index (χ3v) is 2.90. The van der Waals surface area contributed by atoms with Gasteiger partial charge in [0.05, 0.1) is 7.11 Å². The molecule has 0 aromatic heterocycles. The van der Waals surface area contributed by atoms with Gasteiger partial charge in [-0.1, -0.05) is 23.7 Å². The lowest BCUT2D eigenvalue weighted by molar-refractivity contribution is 0.0993. The zero-order chi connectivity index (χ0) is 13.0. The van der Waals surface area contributed by atoms with E-state index in [1.54, 1.807) is 37.4 Å². The number of ether oxygens (including phenoxy) is 1. The van der Waals surface area contributed by atoms with Crippen LogP contribution in [-0.2, 0) is 6.42 Å². The summed E-state index contributed by atoms with van der Waals surface area (Å²) in [6.07, 6.45) is 0.354. The average molecular weight is 261 g/mol. The lowest BCUT2D eigenvalue weighted by atomic mass is 10.0. The van der Waals surface area contributed by atoms with E-state index in [1.165, 1.54) is 0 Å². The van der Waals surface area contributed by atoms with Crippen molar-refractivity contribution < 1.29 is 9.53 Å². The van der Waals surface area contributed by atoms with Crippen molar-refractivity contribution in [3.63, 3.8) is 0 Å². The number of carbonyl (C=O) groups excluding carboxylic acids is 1. The van der Waals surface area contributed by atoms with Crippen LogP contribution in [0.5, 0.6) is 5.75 Å². The third-order valence-electron chi connectivity index (χ3n) is 2.67. The van der Waals surface area contributed by atoms with Crippen LogP contribution in [0.1, 0.15) is 15.9 Å². The van der Waals surface area contributed by atoms with E-state index >= 15 is 0 Å². The Bertz CT molecular complexity index is 547. The second-order valence-electron chi connectivity index (χ2n) is 3.96. The SMILES string of the molecule is COc1ccc(C(=O)Cc2cccc(Cl)c2)cc1. The van der Waals surface area contributed by atoms with E-state index in [0.717, 1.165) is 11.3 Å². The van der Waals surface area contributed by atoms with Gasteiger partial charge in [0.1, 0.15) is 5.75 Å². The van der Waals surface area contributed by atoms with Crippen LogP contribution in [0.15, 0.2) is 48.5 Å². The minimum atomic E-state index is 0.0694. The number of benzene rings is 2. The molecule has 92 valence electrons. The second-order valence-corrected chi connectivity index (χ2v) is 4.39. The molecule has 0 saturated heterocycles. The fourth-order valence-corrected chi connectivity index (χ4v) is 1.92. The molecule has 2 rings (SSSR count). The molecule has 0 fully saturated rings. The van der Waals surface area contributed by atoms with Crippen LogP contribution >= 0.6 is 11.6 Å². The Kier molecular flexibility index (Phi) is 4.00. The summed E-state index contributed by atoms with van der Waals surface area (Å²) < 4.78 is 5.05. The lowest BCUT2D eigenvalue weighted by Gasteiger charge is -2.03. The van der Waals surface area contributed by atoms with Crippen molar-refractivity contribution in [1.82, 2.24) is 0 Å². The number of methoxy groups -OCH3 is 1. The lowest BCUT2D eigenvalue weighted by Crippen LogP contribution is -2.03. The first-order valence-electron chi connectivity index (χ1n) is 5.61. The monoisotopic (exact) mass is 260 g/mol. The van der Waals surface area contributed by atoms with Gasteiger partial charge in [0.15, 0.2) is 5.78 Å². The van der Waals surface area contributed by atoms with Gasteiger partial charge in [0.25, 0.3) is 0 Å². The molecule has 0 spiro atoms. The summed E-state index contributed by atoms with van der Waals surface area (Å²) in [5.74, 6) is 0.814. The van der Waals surface area contributed by atoms with Crippen molar-refractivity contribution in [3.05, 3.63) is 64.7 Å². The quantitative estimate of drug-likeness (QED) is 0.782. The first-order chi connectivity index (χ1) is 8.69. The molecule has 2 aromatic carbocycles. The van der Waals surface area contributed by atoms with Crippen molar-refractivity contribution in [2.45, 2.75) is 6.42 Å². The maximum Gasteiger partial charge on any atom is 0.167 e. The van der Waals surface area contributed by atoms with Crippen LogP contribution in [0, 0.1) is 0 Å². The van der Waals surface area contributed by atoms with Crippen LogP contribution < -0.4 is 4.74 Å². The molecule has 0 heterocycles. The number of hydrogen-bond acceptors (Lipinski definition) is 2. The van der Waals surface area contributed by atoms with Crippen LogP contribution in [-0.4, -0.2) is 12.9 Å². The molecular weight excluding hydrogens is 248 g/mol. The maximum atomic E-state index is 12.0. The second kappa shape index (κ2) is 5.69. The Morgan fingerprint density at radius 1 is 1.17 bits per heavy atom. The normalized spacial score (nSPS) is 10.1. The molecule has 0 atom stereocenters. The first kappa shape index (κ1) is 12.7. The molecule has 0 N–H and O–H groups in total. The summed E-state index contributed by atoms with van der Waals surface area (Å²) >= 11 is 5.89. The zero-order valence-electron chi connectivity index (χ0n) is 10.0. The van der Waals surface area contributed by atoms with Crippen molar-refractivity contribution in [3.8, 4) is 5.75 Å². The Morgan fingerprint density at radius 2 is 1.89 bits per heavy atom. The minimum Gasteiger partial charge on any atom is -0.497 e. The summed E-state index contributed by atoms with van der Waals surface area (Å²) in [6, 6.07) is 14.5. The standard InChI is InChI=1S/C15H13ClO2/c1-18-14-7-5-12(6-8-14)15(17)10-11-3-2-4-13(16)9-11/h2-9H,10H2,1H3. The van der Waals surface area contributed by atoms with Gasteiger partial charge in [-0.2, -0.15) is 0 Å². The van der Waals surface area contributed by atoms with Gasteiger partial charge in [-0.3, -0.25) is 4.79 Å². The molecular formula is C15H13ClO2. The number of Topliss-reactive ketones (excluding diaryl/α,β-unsaturated/α-hetero) is 1. The highest BCUT2D eigenvalue weighted by atomic mass is 35.5. The number of hydrogen-bond donors (Lipinski definition) is 0. The molecule has 0 aliphatic rings. The zero-order valence-corrected chi connectivity index (χ0v) is 10.8. The minimum absolute atomic E-state index is 0.0694. The molecule has 2 aromatic rings. The molecule has 0 amide bonds. The predicted octanol–water partition coefficient (Wildman–Crippen LogP) is 3.77. The smallest absolute Gasteiger partial charge is 0.167 e. The Balaban J connectivity index is 2.11. The van der Waals surface area contributed by atoms with Gasteiger partial charge in [-0.25, -0.2) is 0 Å². The van der Waals surface area contributed by atoms with Crippen molar-refractivity contribution in [2.75, 3.05) is 7.11 Å². The average Bonchev–Trinajstić information content (AvgIpc) is 2.39. The summed E-state index contributed by atoms with van der Waals surface area (Å²) in [5.41, 5.74) is 1.60. The van der Waals surface area contributed by atoms with Crippen LogP contribution in [0.2, 0.25) is 5.02 Å². The van der Waals surface area contributed by atoms with E-state index in [2.05, 4.69) is 0 Å². The topological polar surface area (TPSA) is 26.3 Å². The van der Waals surface area contributed by atoms with E-state index in [4.69, 9.17) is 16.3 Å². The van der Waals surface area contributed by atoms with Crippen LogP contribution in [0.25, 0.3) is 0 Å². The summed E-state index contributed by atoms with van der Waals surface area (Å²) in [7, 11) is 1.60. The van der Waals surface area contributed by atoms with Gasteiger partial charge in [-0.05, 0) is 42.0 Å².